The van der Waals surface area contributed by atoms with Gasteiger partial charge >= 0.3 is 5.97 Å². The summed E-state index contributed by atoms with van der Waals surface area (Å²) in [5.41, 5.74) is 5.98. The van der Waals surface area contributed by atoms with Gasteiger partial charge in [-0.1, -0.05) is 12.2 Å². The van der Waals surface area contributed by atoms with Gasteiger partial charge in [0.05, 0.1) is 17.8 Å². The van der Waals surface area contributed by atoms with Crippen molar-refractivity contribution in [2.45, 2.75) is 25.4 Å². The van der Waals surface area contributed by atoms with E-state index < -0.39 is 17.4 Å². The Kier molecular flexibility index (Phi) is 4.02. The molecule has 2 unspecified atom stereocenters. The highest BCUT2D eigenvalue weighted by Gasteiger charge is 2.20. The monoisotopic (exact) mass is 316 g/mol. The molecule has 2 aromatic heterocycles. The van der Waals surface area contributed by atoms with E-state index in [4.69, 9.17) is 10.8 Å². The van der Waals surface area contributed by atoms with Crippen molar-refractivity contribution in [1.29, 1.82) is 0 Å². The molecule has 1 aliphatic carbocycles. The zero-order valence-electron chi connectivity index (χ0n) is 12.2. The van der Waals surface area contributed by atoms with E-state index in [1.165, 1.54) is 6.20 Å². The van der Waals surface area contributed by atoms with Gasteiger partial charge in [0.1, 0.15) is 0 Å². The largest absolute Gasteiger partial charge is 0.481 e. The summed E-state index contributed by atoms with van der Waals surface area (Å²) in [6.07, 6.45) is 6.41. The number of aromatic amines is 1. The lowest BCUT2D eigenvalue weighted by atomic mass is 9.93. The van der Waals surface area contributed by atoms with Crippen molar-refractivity contribution in [2.24, 2.45) is 5.92 Å². The molecular formula is C14H16N6O3. The van der Waals surface area contributed by atoms with Crippen LogP contribution >= 0.6 is 0 Å². The number of hydrogen-bond acceptors (Lipinski definition) is 7. The second kappa shape index (κ2) is 6.13. The number of nitrogens with two attached hydrogens (primary N) is 1. The number of H-pyrrole nitrogens is 1. The third kappa shape index (κ3) is 3.34. The molecule has 5 N–H and O–H groups in total. The second-order valence-electron chi connectivity index (χ2n) is 5.38. The summed E-state index contributed by atoms with van der Waals surface area (Å²) < 4.78 is 0. The maximum atomic E-state index is 11.8. The van der Waals surface area contributed by atoms with Gasteiger partial charge in [-0.25, -0.2) is 9.97 Å². The molecule has 9 nitrogen and oxygen atoms in total. The number of fused-ring (bicyclic) bond motifs is 1. The number of hydrogen-bond donors (Lipinski definition) is 4. The van der Waals surface area contributed by atoms with Crippen LogP contribution in [-0.2, 0) is 11.3 Å². The first-order valence-electron chi connectivity index (χ1n) is 7.19. The number of aromatic nitrogens is 4. The Labute approximate surface area is 130 Å². The van der Waals surface area contributed by atoms with Gasteiger partial charge in [0.15, 0.2) is 11.2 Å². The Morgan fingerprint density at radius 2 is 2.22 bits per heavy atom. The van der Waals surface area contributed by atoms with Crippen LogP contribution in [0.15, 0.2) is 23.1 Å². The maximum absolute atomic E-state index is 11.8. The van der Waals surface area contributed by atoms with Crippen LogP contribution in [0.5, 0.6) is 0 Å². The number of carboxylic acid groups (broad SMARTS) is 1. The molecule has 3 rings (SSSR count). The van der Waals surface area contributed by atoms with Crippen LogP contribution in [-0.4, -0.2) is 37.1 Å². The highest BCUT2D eigenvalue weighted by molar-refractivity contribution is 5.72. The summed E-state index contributed by atoms with van der Waals surface area (Å²) in [4.78, 5) is 37.3. The smallest absolute Gasteiger partial charge is 0.310 e. The predicted octanol–water partition coefficient (Wildman–Crippen LogP) is -0.196. The number of carbonyl (C=O) groups is 1. The molecule has 0 aliphatic heterocycles. The standard InChI is InChI=1S/C14H16N6O3/c15-14-19-11-10(12(21)20-14)18-9(6-17-11)5-16-8-3-1-7(2-4-8)13(22)23/h1,3,6-8,16H,2,4-5H2,(H,22,23)(H3,15,17,19,20,21). The third-order valence-electron chi connectivity index (χ3n) is 3.71. The number of nitrogens with zero attached hydrogens (tertiary/aromatic N) is 3. The van der Waals surface area contributed by atoms with E-state index in [-0.39, 0.29) is 23.2 Å². The third-order valence-corrected chi connectivity index (χ3v) is 3.71. The fraction of sp³-hybridized carbons (Fsp3) is 0.357. The first-order valence-corrected chi connectivity index (χ1v) is 7.19. The van der Waals surface area contributed by atoms with Gasteiger partial charge in [-0.2, -0.15) is 4.98 Å². The zero-order chi connectivity index (χ0) is 16.4. The minimum absolute atomic E-state index is 0.00278. The number of rotatable bonds is 4. The molecular weight excluding hydrogens is 300 g/mol. The lowest BCUT2D eigenvalue weighted by Crippen LogP contribution is -2.31. The summed E-state index contributed by atoms with van der Waals surface area (Å²) in [6.45, 7) is 0.416. The predicted molar refractivity (Wildman–Crippen MR) is 82.5 cm³/mol. The summed E-state index contributed by atoms with van der Waals surface area (Å²) in [5.74, 6) is -1.21. The van der Waals surface area contributed by atoms with E-state index >= 15 is 0 Å². The van der Waals surface area contributed by atoms with E-state index in [9.17, 15) is 9.59 Å². The van der Waals surface area contributed by atoms with Crippen molar-refractivity contribution in [3.05, 3.63) is 34.4 Å². The average Bonchev–Trinajstić information content (AvgIpc) is 2.53. The van der Waals surface area contributed by atoms with Gasteiger partial charge < -0.3 is 16.2 Å². The molecule has 2 aromatic rings. The van der Waals surface area contributed by atoms with Crippen molar-refractivity contribution in [3.63, 3.8) is 0 Å². The fourth-order valence-electron chi connectivity index (χ4n) is 2.49. The summed E-state index contributed by atoms with van der Waals surface area (Å²) in [5, 5.41) is 12.2. The van der Waals surface area contributed by atoms with Crippen molar-refractivity contribution >= 4 is 23.1 Å². The molecule has 2 atom stereocenters. The van der Waals surface area contributed by atoms with Crippen molar-refractivity contribution < 1.29 is 9.90 Å². The Bertz CT molecular complexity index is 831. The lowest BCUT2D eigenvalue weighted by Gasteiger charge is -2.21. The number of anilines is 1. The van der Waals surface area contributed by atoms with E-state index in [1.807, 2.05) is 6.08 Å². The van der Waals surface area contributed by atoms with Gasteiger partial charge in [-0.15, -0.1) is 0 Å². The van der Waals surface area contributed by atoms with Gasteiger partial charge in [-0.05, 0) is 12.8 Å². The van der Waals surface area contributed by atoms with E-state index in [2.05, 4.69) is 25.3 Å². The molecule has 0 saturated heterocycles. The molecule has 0 fully saturated rings. The van der Waals surface area contributed by atoms with Crippen LogP contribution in [0.2, 0.25) is 0 Å². The quantitative estimate of drug-likeness (QED) is 0.567. The summed E-state index contributed by atoms with van der Waals surface area (Å²) in [6, 6.07) is 0.0749. The molecule has 0 amide bonds. The summed E-state index contributed by atoms with van der Waals surface area (Å²) >= 11 is 0. The van der Waals surface area contributed by atoms with Crippen LogP contribution < -0.4 is 16.6 Å². The van der Waals surface area contributed by atoms with Gasteiger partial charge in [-0.3, -0.25) is 14.6 Å². The SMILES string of the molecule is Nc1nc2ncc(CNC3C=CC(C(=O)O)CC3)nc2c(=O)[nH]1. The van der Waals surface area contributed by atoms with Crippen LogP contribution in [0.1, 0.15) is 18.5 Å². The molecule has 2 heterocycles. The Balaban J connectivity index is 1.70. The highest BCUT2D eigenvalue weighted by Crippen LogP contribution is 2.18. The number of nitrogens with one attached hydrogen (secondary N) is 2. The second-order valence-corrected chi connectivity index (χ2v) is 5.38. The fourth-order valence-corrected chi connectivity index (χ4v) is 2.49. The lowest BCUT2D eigenvalue weighted by molar-refractivity contribution is -0.140. The summed E-state index contributed by atoms with van der Waals surface area (Å²) in [7, 11) is 0. The molecule has 1 aliphatic rings. The minimum Gasteiger partial charge on any atom is -0.481 e. The van der Waals surface area contributed by atoms with Crippen LogP contribution in [0.4, 0.5) is 5.95 Å². The molecule has 0 radical (unpaired) electrons. The normalized spacial score (nSPS) is 20.7. The molecule has 0 saturated carbocycles. The van der Waals surface area contributed by atoms with Crippen LogP contribution in [0, 0.1) is 5.92 Å². The number of carboxylic acids is 1. The number of nitrogen functional groups attached to an aromatic ring is 1. The number of aliphatic carboxylic acids is 1. The average molecular weight is 316 g/mol. The topological polar surface area (TPSA) is 147 Å². The van der Waals surface area contributed by atoms with Crippen molar-refractivity contribution in [3.8, 4) is 0 Å². The van der Waals surface area contributed by atoms with Gasteiger partial charge in [0.2, 0.25) is 5.95 Å². The minimum atomic E-state index is -0.800. The van der Waals surface area contributed by atoms with E-state index in [0.717, 1.165) is 6.42 Å². The van der Waals surface area contributed by atoms with Crippen LogP contribution in [0.25, 0.3) is 11.2 Å². The molecule has 9 heteroatoms. The van der Waals surface area contributed by atoms with Gasteiger partial charge in [0, 0.05) is 12.6 Å². The Hall–Kier alpha value is -2.81. The first-order chi connectivity index (χ1) is 11.0. The van der Waals surface area contributed by atoms with Gasteiger partial charge in [0.25, 0.3) is 5.56 Å². The highest BCUT2D eigenvalue weighted by atomic mass is 16.4. The molecule has 0 aromatic carbocycles. The molecule has 120 valence electrons. The van der Waals surface area contributed by atoms with Crippen molar-refractivity contribution in [2.75, 3.05) is 5.73 Å². The van der Waals surface area contributed by atoms with Crippen molar-refractivity contribution in [1.82, 2.24) is 25.3 Å². The Morgan fingerprint density at radius 3 is 2.91 bits per heavy atom. The molecule has 0 bridgehead atoms. The first kappa shape index (κ1) is 15.1. The Morgan fingerprint density at radius 1 is 1.39 bits per heavy atom. The van der Waals surface area contributed by atoms with E-state index in [0.29, 0.717) is 18.7 Å². The maximum Gasteiger partial charge on any atom is 0.310 e. The molecule has 23 heavy (non-hydrogen) atoms. The molecule has 0 spiro atoms. The van der Waals surface area contributed by atoms with E-state index in [1.54, 1.807) is 6.08 Å². The zero-order valence-corrected chi connectivity index (χ0v) is 12.2. The van der Waals surface area contributed by atoms with Crippen LogP contribution in [0.3, 0.4) is 0 Å².